The zero-order chi connectivity index (χ0) is 28.4. The van der Waals surface area contributed by atoms with Gasteiger partial charge in [-0.15, -0.1) is 0 Å². The Morgan fingerprint density at radius 1 is 1.15 bits per heavy atom. The summed E-state index contributed by atoms with van der Waals surface area (Å²) in [5.41, 5.74) is 3.32. The maximum absolute atomic E-state index is 13.9. The number of phenolic OH excluding ortho intramolecular Hbond substituents is 1. The molecule has 2 fully saturated rings. The number of aliphatic hydroxyl groups excluding tert-OH is 2. The molecule has 0 radical (unpaired) electrons. The fourth-order valence-electron chi connectivity index (χ4n) is 7.17. The number of hydrogen-bond donors (Lipinski definition) is 5. The molecule has 1 heterocycles. The molecule has 1 aliphatic heterocycles. The van der Waals surface area contributed by atoms with Gasteiger partial charge in [-0.3, -0.25) is 19.3 Å². The van der Waals surface area contributed by atoms with Gasteiger partial charge in [-0.2, -0.15) is 0 Å². The number of benzene rings is 1. The molecule has 10 nitrogen and oxygen atoms in total. The molecule has 4 atom stereocenters. The fourth-order valence-corrected chi connectivity index (χ4v) is 7.17. The predicted octanol–water partition coefficient (Wildman–Crippen LogP) is 1.24. The molecule has 3 aliphatic carbocycles. The van der Waals surface area contributed by atoms with Gasteiger partial charge < -0.3 is 31.1 Å². The van der Waals surface area contributed by atoms with Gasteiger partial charge in [0.05, 0.1) is 11.6 Å². The van der Waals surface area contributed by atoms with Crippen LogP contribution in [0.15, 0.2) is 29.0 Å². The van der Waals surface area contributed by atoms with Crippen molar-refractivity contribution in [1.82, 2.24) is 9.80 Å². The number of Topliss-reactive ketones (excluding diaryl/α,β-unsaturated/α-hetero) is 2. The Bertz CT molecular complexity index is 1310. The summed E-state index contributed by atoms with van der Waals surface area (Å²) in [7, 11) is 5.27. The molecule has 0 aromatic heterocycles. The van der Waals surface area contributed by atoms with E-state index in [1.165, 1.54) is 4.90 Å². The van der Waals surface area contributed by atoms with Crippen LogP contribution in [0.25, 0.3) is 5.76 Å². The number of likely N-dealkylation sites (tertiary alicyclic amines) is 1. The van der Waals surface area contributed by atoms with Crippen molar-refractivity contribution in [1.29, 1.82) is 0 Å². The first-order valence-electron chi connectivity index (χ1n) is 13.5. The third-order valence-electron chi connectivity index (χ3n) is 9.34. The van der Waals surface area contributed by atoms with Crippen LogP contribution in [0.2, 0.25) is 0 Å². The molecule has 1 aromatic rings. The van der Waals surface area contributed by atoms with Crippen molar-refractivity contribution in [3.8, 4) is 5.75 Å². The summed E-state index contributed by atoms with van der Waals surface area (Å²) in [5.74, 6) is -5.67. The Balaban J connectivity index is 1.54. The average Bonchev–Trinajstić information content (AvgIpc) is 2.86. The number of aryl methyl sites for hydroxylation is 1. The third kappa shape index (κ3) is 4.16. The van der Waals surface area contributed by atoms with E-state index < -0.39 is 58.0 Å². The van der Waals surface area contributed by atoms with E-state index in [1.807, 2.05) is 12.1 Å². The molecule has 0 unspecified atom stereocenters. The molecule has 1 saturated carbocycles. The monoisotopic (exact) mass is 539 g/mol. The number of nitrogens with zero attached hydrogens (tertiary/aromatic N) is 2. The summed E-state index contributed by atoms with van der Waals surface area (Å²) in [6, 6.07) is 2.64. The molecule has 10 heteroatoms. The van der Waals surface area contributed by atoms with E-state index in [0.29, 0.717) is 29.9 Å². The summed E-state index contributed by atoms with van der Waals surface area (Å²) in [5, 5.41) is 45.2. The lowest BCUT2D eigenvalue weighted by Crippen LogP contribution is -2.65. The number of aromatic hydroxyl groups is 1. The van der Waals surface area contributed by atoms with Crippen molar-refractivity contribution in [2.24, 2.45) is 23.5 Å². The van der Waals surface area contributed by atoms with E-state index in [-0.39, 0.29) is 23.3 Å². The molecule has 210 valence electrons. The van der Waals surface area contributed by atoms with E-state index in [9.17, 15) is 34.8 Å². The third-order valence-corrected chi connectivity index (χ3v) is 9.34. The summed E-state index contributed by atoms with van der Waals surface area (Å²) in [6.45, 7) is 2.08. The maximum atomic E-state index is 13.9. The van der Waals surface area contributed by atoms with Gasteiger partial charge in [-0.05, 0) is 95.7 Å². The Morgan fingerprint density at radius 2 is 1.82 bits per heavy atom. The number of hydrogen-bond acceptors (Lipinski definition) is 9. The number of amides is 1. The quantitative estimate of drug-likeness (QED) is 0.346. The van der Waals surface area contributed by atoms with Gasteiger partial charge in [0, 0.05) is 11.5 Å². The molecule has 0 spiro atoms. The van der Waals surface area contributed by atoms with Crippen molar-refractivity contribution in [2.45, 2.75) is 50.2 Å². The highest BCUT2D eigenvalue weighted by molar-refractivity contribution is 6.24. The smallest absolute Gasteiger partial charge is 0.255 e. The molecule has 5 rings (SSSR count). The average molecular weight is 540 g/mol. The van der Waals surface area contributed by atoms with Crippen molar-refractivity contribution in [3.63, 3.8) is 0 Å². The Morgan fingerprint density at radius 3 is 2.44 bits per heavy atom. The maximum Gasteiger partial charge on any atom is 0.255 e. The lowest BCUT2D eigenvalue weighted by Gasteiger charge is -2.50. The number of aliphatic hydroxyl groups is 3. The lowest BCUT2D eigenvalue weighted by atomic mass is 9.57. The standard InChI is InChI=1S/C29H37N3O7/c1-31(2)22-18-13-17-12-16-7-6-15(5-4-14-8-10-32(3)11-9-14)23(33)19(16)24(34)20(17)26(36)29(18,39)27(37)21(25(22)35)28(30)38/h6-7,14,17-18,22,33-34,37,39H,4-5,8-13H2,1-3H3,(H2,30,38)/t17-,18-,22-,29-/m0/s1. The second-order valence-corrected chi connectivity index (χ2v) is 11.9. The molecular weight excluding hydrogens is 502 g/mol. The molecule has 39 heavy (non-hydrogen) atoms. The normalized spacial score (nSPS) is 29.9. The van der Waals surface area contributed by atoms with Gasteiger partial charge >= 0.3 is 0 Å². The minimum Gasteiger partial charge on any atom is -0.508 e. The highest BCUT2D eigenvalue weighted by Gasteiger charge is 2.64. The topological polar surface area (TPSA) is 165 Å². The van der Waals surface area contributed by atoms with Crippen LogP contribution in [0.1, 0.15) is 42.4 Å². The fraction of sp³-hybridized carbons (Fsp3) is 0.552. The molecule has 1 saturated heterocycles. The van der Waals surface area contributed by atoms with Crippen LogP contribution in [0.4, 0.5) is 0 Å². The summed E-state index contributed by atoms with van der Waals surface area (Å²) in [4.78, 5) is 42.9. The van der Waals surface area contributed by atoms with Crippen LogP contribution in [-0.2, 0) is 27.2 Å². The number of likely N-dealkylation sites (N-methyl/N-ethyl adjacent to an activating group) is 1. The van der Waals surface area contributed by atoms with Crippen LogP contribution in [0, 0.1) is 17.8 Å². The minimum absolute atomic E-state index is 0.0877. The second-order valence-electron chi connectivity index (χ2n) is 11.9. The second kappa shape index (κ2) is 9.76. The van der Waals surface area contributed by atoms with Crippen molar-refractivity contribution in [2.75, 3.05) is 34.2 Å². The van der Waals surface area contributed by atoms with Crippen molar-refractivity contribution >= 4 is 23.2 Å². The Labute approximate surface area is 227 Å². The van der Waals surface area contributed by atoms with Gasteiger partial charge in [0.2, 0.25) is 5.78 Å². The van der Waals surface area contributed by atoms with E-state index in [2.05, 4.69) is 11.9 Å². The number of fused-ring (bicyclic) bond motifs is 3. The van der Waals surface area contributed by atoms with E-state index >= 15 is 0 Å². The molecular formula is C29H37N3O7. The number of carbonyl (C=O) groups is 3. The van der Waals surface area contributed by atoms with Crippen molar-refractivity contribution < 1.29 is 34.8 Å². The number of ketones is 2. The molecule has 1 aromatic carbocycles. The highest BCUT2D eigenvalue weighted by atomic mass is 16.3. The number of piperidine rings is 1. The summed E-state index contributed by atoms with van der Waals surface area (Å²) >= 11 is 0. The van der Waals surface area contributed by atoms with Gasteiger partial charge in [0.15, 0.2) is 11.4 Å². The van der Waals surface area contributed by atoms with Crippen LogP contribution < -0.4 is 5.73 Å². The minimum atomic E-state index is -2.62. The summed E-state index contributed by atoms with van der Waals surface area (Å²) < 4.78 is 0. The number of rotatable bonds is 5. The lowest BCUT2D eigenvalue weighted by molar-refractivity contribution is -0.153. The first-order chi connectivity index (χ1) is 18.4. The largest absolute Gasteiger partial charge is 0.508 e. The van der Waals surface area contributed by atoms with Gasteiger partial charge in [-0.25, -0.2) is 0 Å². The van der Waals surface area contributed by atoms with Crippen molar-refractivity contribution in [3.05, 3.63) is 45.7 Å². The zero-order valence-electron chi connectivity index (χ0n) is 22.6. The van der Waals surface area contributed by atoms with E-state index in [4.69, 9.17) is 5.73 Å². The predicted molar refractivity (Wildman–Crippen MR) is 143 cm³/mol. The number of phenols is 1. The van der Waals surface area contributed by atoms with Crippen LogP contribution in [0.3, 0.4) is 0 Å². The first-order valence-corrected chi connectivity index (χ1v) is 13.5. The van der Waals surface area contributed by atoms with Crippen LogP contribution in [0.5, 0.6) is 5.75 Å². The number of nitrogens with two attached hydrogens (primary N) is 1. The van der Waals surface area contributed by atoms with Gasteiger partial charge in [0.25, 0.3) is 5.91 Å². The van der Waals surface area contributed by atoms with E-state index in [1.54, 1.807) is 14.1 Å². The Hall–Kier alpha value is -3.21. The van der Waals surface area contributed by atoms with Crippen LogP contribution in [-0.4, -0.2) is 93.6 Å². The molecule has 6 N–H and O–H groups in total. The number of carbonyl (C=O) groups excluding carboxylic acids is 3. The van der Waals surface area contributed by atoms with Gasteiger partial charge in [0.1, 0.15) is 22.8 Å². The molecule has 4 aliphatic rings. The first kappa shape index (κ1) is 27.4. The van der Waals surface area contributed by atoms with E-state index in [0.717, 1.165) is 32.4 Å². The Kier molecular flexibility index (Phi) is 6.85. The molecule has 1 amide bonds. The zero-order valence-corrected chi connectivity index (χ0v) is 22.6. The van der Waals surface area contributed by atoms with Gasteiger partial charge in [-0.1, -0.05) is 12.1 Å². The summed E-state index contributed by atoms with van der Waals surface area (Å²) in [6.07, 6.45) is 4.09. The highest BCUT2D eigenvalue weighted by Crippen LogP contribution is 2.52. The molecule has 0 bridgehead atoms. The SMILES string of the molecule is CN1CCC(CCc2ccc3c(c2O)C(O)=C2C(=O)[C@]4(O)C(O)=C(C(N)=O)C(=O)[C@@H](N(C)C)[C@@H]4C[C@@H]2C3)CC1. The van der Waals surface area contributed by atoms with Crippen LogP contribution >= 0.6 is 0 Å². The number of primary amides is 1.